The largest absolute Gasteiger partial charge is 0.472 e. The van der Waals surface area contributed by atoms with Crippen LogP contribution in [-0.2, 0) is 4.74 Å². The van der Waals surface area contributed by atoms with E-state index in [1.807, 2.05) is 13.4 Å². The van der Waals surface area contributed by atoms with Crippen LogP contribution in [0.2, 0.25) is 0 Å². The van der Waals surface area contributed by atoms with E-state index < -0.39 is 0 Å². The average molecular weight is 265 g/mol. The second-order valence-electron chi connectivity index (χ2n) is 5.63. The highest BCUT2D eigenvalue weighted by Gasteiger charge is 2.40. The minimum Gasteiger partial charge on any atom is -0.472 e. The lowest BCUT2D eigenvalue weighted by Crippen LogP contribution is -2.45. The van der Waals surface area contributed by atoms with Crippen molar-refractivity contribution in [3.05, 3.63) is 24.2 Å². The fourth-order valence-corrected chi connectivity index (χ4v) is 3.27. The van der Waals surface area contributed by atoms with Gasteiger partial charge in [0.2, 0.25) is 0 Å². The third-order valence-corrected chi connectivity index (χ3v) is 4.36. The summed E-state index contributed by atoms with van der Waals surface area (Å²) >= 11 is 0. The van der Waals surface area contributed by atoms with E-state index in [2.05, 4.69) is 18.3 Å². The van der Waals surface area contributed by atoms with Crippen LogP contribution in [0.4, 0.5) is 0 Å². The molecule has 1 fully saturated rings. The third kappa shape index (κ3) is 3.40. The molecule has 19 heavy (non-hydrogen) atoms. The van der Waals surface area contributed by atoms with Gasteiger partial charge in [0.15, 0.2) is 0 Å². The molecule has 1 aromatic rings. The molecule has 0 aromatic carbocycles. The van der Waals surface area contributed by atoms with Gasteiger partial charge in [-0.05, 0) is 31.9 Å². The Balaban J connectivity index is 2.22. The number of furan rings is 1. The number of hydrogen-bond donors (Lipinski definition) is 1. The number of methoxy groups -OCH3 is 1. The zero-order valence-electron chi connectivity index (χ0n) is 12.3. The molecule has 1 aromatic heterocycles. The maximum Gasteiger partial charge on any atom is 0.0951 e. The molecule has 1 heterocycles. The zero-order valence-corrected chi connectivity index (χ0v) is 12.3. The van der Waals surface area contributed by atoms with E-state index in [1.165, 1.54) is 31.2 Å². The Morgan fingerprint density at radius 2 is 2.05 bits per heavy atom. The maximum atomic E-state index is 6.04. The molecule has 0 aliphatic heterocycles. The van der Waals surface area contributed by atoms with Crippen molar-refractivity contribution >= 4 is 0 Å². The lowest BCUT2D eigenvalue weighted by Gasteiger charge is -2.39. The molecule has 0 saturated heterocycles. The summed E-state index contributed by atoms with van der Waals surface area (Å²) in [5.74, 6) is 0. The van der Waals surface area contributed by atoms with Gasteiger partial charge in [-0.3, -0.25) is 0 Å². The number of ether oxygens (including phenoxy) is 1. The average Bonchev–Trinajstić information content (AvgIpc) is 2.85. The van der Waals surface area contributed by atoms with Crippen LogP contribution in [0.15, 0.2) is 23.0 Å². The van der Waals surface area contributed by atoms with Crippen molar-refractivity contribution in [1.29, 1.82) is 0 Å². The highest BCUT2D eigenvalue weighted by Crippen LogP contribution is 2.40. The monoisotopic (exact) mass is 265 g/mol. The van der Waals surface area contributed by atoms with E-state index in [9.17, 15) is 0 Å². The summed E-state index contributed by atoms with van der Waals surface area (Å²) in [6.45, 7) is 3.22. The summed E-state index contributed by atoms with van der Waals surface area (Å²) in [6, 6.07) is 2.31. The highest BCUT2D eigenvalue weighted by atomic mass is 16.5. The van der Waals surface area contributed by atoms with Crippen LogP contribution < -0.4 is 5.32 Å². The van der Waals surface area contributed by atoms with Crippen LogP contribution >= 0.6 is 0 Å². The Morgan fingerprint density at radius 3 is 2.58 bits per heavy atom. The first-order chi connectivity index (χ1) is 9.32. The minimum atomic E-state index is -0.0739. The van der Waals surface area contributed by atoms with Crippen molar-refractivity contribution < 1.29 is 9.15 Å². The molecule has 1 N–H and O–H groups in total. The Kier molecular flexibility index (Phi) is 5.46. The van der Waals surface area contributed by atoms with Gasteiger partial charge < -0.3 is 14.5 Å². The van der Waals surface area contributed by atoms with Crippen LogP contribution in [-0.4, -0.2) is 19.3 Å². The maximum absolute atomic E-state index is 6.04. The Morgan fingerprint density at radius 1 is 1.32 bits per heavy atom. The smallest absolute Gasteiger partial charge is 0.0951 e. The molecule has 0 bridgehead atoms. The molecule has 0 amide bonds. The van der Waals surface area contributed by atoms with Gasteiger partial charge in [-0.25, -0.2) is 0 Å². The molecule has 1 saturated carbocycles. The first-order valence-corrected chi connectivity index (χ1v) is 7.63. The molecule has 1 unspecified atom stereocenters. The van der Waals surface area contributed by atoms with E-state index in [0.717, 1.165) is 25.8 Å². The van der Waals surface area contributed by atoms with Crippen LogP contribution in [0.5, 0.6) is 0 Å². The van der Waals surface area contributed by atoms with Crippen LogP contribution in [0, 0.1) is 0 Å². The summed E-state index contributed by atoms with van der Waals surface area (Å²) in [6.07, 6.45) is 12.2. The normalized spacial score (nSPS) is 20.9. The van der Waals surface area contributed by atoms with Crippen molar-refractivity contribution in [2.24, 2.45) is 0 Å². The van der Waals surface area contributed by atoms with Crippen LogP contribution in [0.3, 0.4) is 0 Å². The van der Waals surface area contributed by atoms with Crippen LogP contribution in [0.25, 0.3) is 0 Å². The zero-order chi connectivity index (χ0) is 13.6. The van der Waals surface area contributed by atoms with E-state index in [1.54, 1.807) is 6.26 Å². The SMILES string of the molecule is CCCNC(c1ccoc1)C1(OC)CCCCCC1. The van der Waals surface area contributed by atoms with Gasteiger partial charge in [-0.15, -0.1) is 0 Å². The molecule has 2 rings (SSSR count). The Hall–Kier alpha value is -0.800. The fraction of sp³-hybridized carbons (Fsp3) is 0.750. The van der Waals surface area contributed by atoms with Gasteiger partial charge >= 0.3 is 0 Å². The number of nitrogens with one attached hydrogen (secondary N) is 1. The molecule has 3 nitrogen and oxygen atoms in total. The predicted molar refractivity (Wildman–Crippen MR) is 77.2 cm³/mol. The van der Waals surface area contributed by atoms with Crippen molar-refractivity contribution in [1.82, 2.24) is 5.32 Å². The molecule has 0 radical (unpaired) electrons. The summed E-state index contributed by atoms with van der Waals surface area (Å²) in [5.41, 5.74) is 1.15. The van der Waals surface area contributed by atoms with E-state index in [0.29, 0.717) is 0 Å². The van der Waals surface area contributed by atoms with Gasteiger partial charge in [0.25, 0.3) is 0 Å². The second-order valence-corrected chi connectivity index (χ2v) is 5.63. The predicted octanol–water partition coefficient (Wildman–Crippen LogP) is 4.06. The van der Waals surface area contributed by atoms with Crippen molar-refractivity contribution in [2.45, 2.75) is 63.5 Å². The van der Waals surface area contributed by atoms with E-state index in [4.69, 9.17) is 9.15 Å². The first-order valence-electron chi connectivity index (χ1n) is 7.63. The summed E-state index contributed by atoms with van der Waals surface area (Å²) in [5, 5.41) is 3.68. The molecular weight excluding hydrogens is 238 g/mol. The third-order valence-electron chi connectivity index (χ3n) is 4.36. The molecule has 108 valence electrons. The van der Waals surface area contributed by atoms with Gasteiger partial charge in [-0.1, -0.05) is 32.6 Å². The summed E-state index contributed by atoms with van der Waals surface area (Å²) < 4.78 is 11.3. The molecule has 1 atom stereocenters. The first kappa shape index (κ1) is 14.6. The quantitative estimate of drug-likeness (QED) is 0.788. The minimum absolute atomic E-state index is 0.0739. The summed E-state index contributed by atoms with van der Waals surface area (Å²) in [4.78, 5) is 0. The Bertz CT molecular complexity index is 340. The van der Waals surface area contributed by atoms with E-state index in [-0.39, 0.29) is 11.6 Å². The molecule has 3 heteroatoms. The second kappa shape index (κ2) is 7.11. The summed E-state index contributed by atoms with van der Waals surface area (Å²) in [7, 11) is 1.87. The highest BCUT2D eigenvalue weighted by molar-refractivity contribution is 5.17. The molecule has 1 aliphatic rings. The van der Waals surface area contributed by atoms with Gasteiger partial charge in [0.1, 0.15) is 0 Å². The van der Waals surface area contributed by atoms with Gasteiger partial charge in [0.05, 0.1) is 24.2 Å². The topological polar surface area (TPSA) is 34.4 Å². The van der Waals surface area contributed by atoms with Crippen LogP contribution in [0.1, 0.15) is 63.5 Å². The molecule has 0 spiro atoms. The van der Waals surface area contributed by atoms with Crippen molar-refractivity contribution in [3.8, 4) is 0 Å². The van der Waals surface area contributed by atoms with Gasteiger partial charge in [-0.2, -0.15) is 0 Å². The van der Waals surface area contributed by atoms with Crippen molar-refractivity contribution in [2.75, 3.05) is 13.7 Å². The number of hydrogen-bond acceptors (Lipinski definition) is 3. The number of rotatable bonds is 6. The van der Waals surface area contributed by atoms with Crippen molar-refractivity contribution in [3.63, 3.8) is 0 Å². The molecular formula is C16H27NO2. The van der Waals surface area contributed by atoms with Gasteiger partial charge in [0, 0.05) is 12.7 Å². The lowest BCUT2D eigenvalue weighted by molar-refractivity contribution is -0.0541. The lowest BCUT2D eigenvalue weighted by atomic mass is 9.83. The fourth-order valence-electron chi connectivity index (χ4n) is 3.27. The standard InChI is InChI=1S/C16H27NO2/c1-3-11-17-15(14-8-12-19-13-14)16(18-2)9-6-4-5-7-10-16/h8,12-13,15,17H,3-7,9-11H2,1-2H3. The Labute approximate surface area is 116 Å². The van der Waals surface area contributed by atoms with E-state index >= 15 is 0 Å². The molecule has 1 aliphatic carbocycles.